The van der Waals surface area contributed by atoms with Gasteiger partial charge in [0, 0.05) is 32.7 Å². The minimum Gasteiger partial charge on any atom is -0.304 e. The van der Waals surface area contributed by atoms with Gasteiger partial charge < -0.3 is 9.80 Å². The number of hydrogen-bond donors (Lipinski definition) is 1. The number of nitrogens with zero attached hydrogens (tertiary/aromatic N) is 4. The Bertz CT molecular complexity index is 351. The van der Waals surface area contributed by atoms with E-state index in [1.54, 1.807) is 0 Å². The molecule has 2 heterocycles. The van der Waals surface area contributed by atoms with Crippen LogP contribution in [0.5, 0.6) is 0 Å². The summed E-state index contributed by atoms with van der Waals surface area (Å²) in [6, 6.07) is -0.371. The Hall–Kier alpha value is -0.600. The first-order chi connectivity index (χ1) is 9.08. The number of unbranched alkanes of at least 4 members (excludes halogenated alkanes) is 1. The molecule has 2 saturated heterocycles. The van der Waals surface area contributed by atoms with E-state index in [4.69, 9.17) is 5.84 Å². The SMILES string of the molecule is CN1CCN(CCCCN2C(=O)CN(N)C2=O)CC1.Cl.Cl. The maximum Gasteiger partial charge on any atom is 0.341 e. The van der Waals surface area contributed by atoms with Gasteiger partial charge in [0.1, 0.15) is 6.54 Å². The molecule has 124 valence electrons. The standard InChI is InChI=1S/C12H23N5O2.2ClH/c1-14-6-8-15(9-7-14)4-2-3-5-16-11(18)10-17(13)12(16)19;;/h2-10,13H2,1H3;2*1H. The predicted molar refractivity (Wildman–Crippen MR) is 85.7 cm³/mol. The molecule has 0 saturated carbocycles. The number of piperazine rings is 1. The van der Waals surface area contributed by atoms with Gasteiger partial charge in [-0.05, 0) is 26.4 Å². The monoisotopic (exact) mass is 341 g/mol. The van der Waals surface area contributed by atoms with Crippen LogP contribution in [0.2, 0.25) is 0 Å². The third kappa shape index (κ3) is 5.60. The zero-order valence-electron chi connectivity index (χ0n) is 12.4. The average Bonchev–Trinajstić information content (AvgIpc) is 2.62. The molecule has 0 unspecified atom stereocenters. The fraction of sp³-hybridized carbons (Fsp3) is 0.833. The Morgan fingerprint density at radius 2 is 1.57 bits per heavy atom. The minimum atomic E-state index is -0.371. The third-order valence-corrected chi connectivity index (χ3v) is 3.79. The van der Waals surface area contributed by atoms with Gasteiger partial charge in [0.05, 0.1) is 0 Å². The molecule has 0 aromatic carbocycles. The van der Waals surface area contributed by atoms with Crippen molar-refractivity contribution in [3.8, 4) is 0 Å². The molecule has 0 bridgehead atoms. The molecule has 0 aromatic heterocycles. The average molecular weight is 342 g/mol. The van der Waals surface area contributed by atoms with Crippen molar-refractivity contribution >= 4 is 36.8 Å². The van der Waals surface area contributed by atoms with Crippen LogP contribution < -0.4 is 5.84 Å². The van der Waals surface area contributed by atoms with Crippen molar-refractivity contribution in [1.29, 1.82) is 0 Å². The van der Waals surface area contributed by atoms with E-state index in [0.717, 1.165) is 50.6 Å². The van der Waals surface area contributed by atoms with Crippen molar-refractivity contribution in [2.45, 2.75) is 12.8 Å². The number of urea groups is 1. The number of rotatable bonds is 5. The highest BCUT2D eigenvalue weighted by Gasteiger charge is 2.33. The maximum absolute atomic E-state index is 11.5. The molecule has 0 atom stereocenters. The summed E-state index contributed by atoms with van der Waals surface area (Å²) in [6.07, 6.45) is 1.85. The van der Waals surface area contributed by atoms with Crippen LogP contribution in [-0.4, -0.2) is 84.5 Å². The fourth-order valence-corrected chi connectivity index (χ4v) is 2.46. The molecule has 7 nitrogen and oxygen atoms in total. The number of amides is 3. The van der Waals surface area contributed by atoms with Gasteiger partial charge in [-0.25, -0.2) is 10.6 Å². The molecule has 0 aliphatic carbocycles. The number of imide groups is 1. The normalized spacial score (nSPS) is 20.5. The van der Waals surface area contributed by atoms with E-state index in [2.05, 4.69) is 16.8 Å². The van der Waals surface area contributed by atoms with Crippen LogP contribution in [0, 0.1) is 0 Å². The molecule has 0 radical (unpaired) electrons. The second-order valence-corrected chi connectivity index (χ2v) is 5.31. The van der Waals surface area contributed by atoms with E-state index in [9.17, 15) is 9.59 Å². The Morgan fingerprint density at radius 3 is 2.10 bits per heavy atom. The lowest BCUT2D eigenvalue weighted by molar-refractivity contribution is -0.125. The first-order valence-electron chi connectivity index (χ1n) is 6.85. The van der Waals surface area contributed by atoms with E-state index < -0.39 is 0 Å². The molecule has 2 aliphatic rings. The van der Waals surface area contributed by atoms with E-state index >= 15 is 0 Å². The van der Waals surface area contributed by atoms with Crippen LogP contribution in [0.15, 0.2) is 0 Å². The zero-order valence-corrected chi connectivity index (χ0v) is 14.0. The van der Waals surface area contributed by atoms with Crippen molar-refractivity contribution in [2.24, 2.45) is 5.84 Å². The highest BCUT2D eigenvalue weighted by Crippen LogP contribution is 2.08. The summed E-state index contributed by atoms with van der Waals surface area (Å²) < 4.78 is 0. The molecule has 0 spiro atoms. The Balaban J connectivity index is 0.00000200. The van der Waals surface area contributed by atoms with Gasteiger partial charge in [0.25, 0.3) is 5.91 Å². The molecular weight excluding hydrogens is 317 g/mol. The van der Waals surface area contributed by atoms with Crippen LogP contribution in [0.4, 0.5) is 4.79 Å². The highest BCUT2D eigenvalue weighted by atomic mass is 35.5. The molecule has 2 rings (SSSR count). The van der Waals surface area contributed by atoms with Crippen molar-refractivity contribution in [1.82, 2.24) is 19.7 Å². The summed E-state index contributed by atoms with van der Waals surface area (Å²) in [5.74, 6) is 5.21. The first-order valence-corrected chi connectivity index (χ1v) is 6.85. The van der Waals surface area contributed by atoms with Crippen LogP contribution in [-0.2, 0) is 4.79 Å². The van der Waals surface area contributed by atoms with Crippen molar-refractivity contribution in [2.75, 3.05) is 52.9 Å². The van der Waals surface area contributed by atoms with Gasteiger partial charge in [-0.15, -0.1) is 24.8 Å². The second-order valence-electron chi connectivity index (χ2n) is 5.31. The van der Waals surface area contributed by atoms with Crippen molar-refractivity contribution in [3.05, 3.63) is 0 Å². The Morgan fingerprint density at radius 1 is 1.00 bits per heavy atom. The van der Waals surface area contributed by atoms with Gasteiger partial charge in [0.15, 0.2) is 0 Å². The topological polar surface area (TPSA) is 73.1 Å². The van der Waals surface area contributed by atoms with Crippen LogP contribution >= 0.6 is 24.8 Å². The van der Waals surface area contributed by atoms with Gasteiger partial charge in [0.2, 0.25) is 0 Å². The van der Waals surface area contributed by atoms with Crippen molar-refractivity contribution in [3.63, 3.8) is 0 Å². The summed E-state index contributed by atoms with van der Waals surface area (Å²) in [4.78, 5) is 29.0. The number of hydrogen-bond acceptors (Lipinski definition) is 5. The Labute approximate surface area is 138 Å². The lowest BCUT2D eigenvalue weighted by Gasteiger charge is -2.32. The summed E-state index contributed by atoms with van der Waals surface area (Å²) in [7, 11) is 2.14. The molecular formula is C12H25Cl2N5O2. The van der Waals surface area contributed by atoms with E-state index in [1.807, 2.05) is 0 Å². The molecule has 9 heteroatoms. The van der Waals surface area contributed by atoms with Gasteiger partial charge >= 0.3 is 6.03 Å². The summed E-state index contributed by atoms with van der Waals surface area (Å²) in [5.41, 5.74) is 0. The minimum absolute atomic E-state index is 0. The van der Waals surface area contributed by atoms with E-state index in [-0.39, 0.29) is 43.3 Å². The highest BCUT2D eigenvalue weighted by molar-refractivity contribution is 6.01. The number of likely N-dealkylation sites (N-methyl/N-ethyl adjacent to an activating group) is 1. The number of carbonyl (C=O) groups excluding carboxylic acids is 2. The molecule has 2 fully saturated rings. The van der Waals surface area contributed by atoms with Gasteiger partial charge in [-0.3, -0.25) is 14.7 Å². The third-order valence-electron chi connectivity index (χ3n) is 3.79. The van der Waals surface area contributed by atoms with Crippen LogP contribution in [0.1, 0.15) is 12.8 Å². The molecule has 0 aromatic rings. The predicted octanol–water partition coefficient (Wildman–Crippen LogP) is -0.00450. The smallest absolute Gasteiger partial charge is 0.304 e. The lowest BCUT2D eigenvalue weighted by atomic mass is 10.2. The van der Waals surface area contributed by atoms with Crippen LogP contribution in [0.3, 0.4) is 0 Å². The summed E-state index contributed by atoms with van der Waals surface area (Å²) in [6.45, 7) is 5.98. The summed E-state index contributed by atoms with van der Waals surface area (Å²) >= 11 is 0. The molecule has 2 N–H and O–H groups in total. The lowest BCUT2D eigenvalue weighted by Crippen LogP contribution is -2.44. The maximum atomic E-state index is 11.5. The van der Waals surface area contributed by atoms with Gasteiger partial charge in [-0.2, -0.15) is 0 Å². The zero-order chi connectivity index (χ0) is 13.8. The quantitative estimate of drug-likeness (QED) is 0.329. The number of hydrazine groups is 1. The number of nitrogens with two attached hydrogens (primary N) is 1. The molecule has 2 aliphatic heterocycles. The Kier molecular flexibility index (Phi) is 9.15. The van der Waals surface area contributed by atoms with Crippen LogP contribution in [0.25, 0.3) is 0 Å². The second kappa shape index (κ2) is 9.42. The largest absolute Gasteiger partial charge is 0.341 e. The fourth-order valence-electron chi connectivity index (χ4n) is 2.46. The first kappa shape index (κ1) is 20.4. The number of carbonyl (C=O) groups is 2. The van der Waals surface area contributed by atoms with E-state index in [0.29, 0.717) is 6.54 Å². The molecule has 3 amide bonds. The summed E-state index contributed by atoms with van der Waals surface area (Å²) in [5, 5.41) is 0.975. The van der Waals surface area contributed by atoms with E-state index in [1.165, 1.54) is 4.90 Å². The molecule has 21 heavy (non-hydrogen) atoms. The van der Waals surface area contributed by atoms with Crippen molar-refractivity contribution < 1.29 is 9.59 Å². The van der Waals surface area contributed by atoms with Gasteiger partial charge in [-0.1, -0.05) is 0 Å². The number of halogens is 2.